The number of hydrogen-bond donors (Lipinski definition) is 1. The summed E-state index contributed by atoms with van der Waals surface area (Å²) in [6, 6.07) is 14.0. The van der Waals surface area contributed by atoms with Crippen molar-refractivity contribution in [3.05, 3.63) is 63.6 Å². The second-order valence-electron chi connectivity index (χ2n) is 5.95. The molecule has 0 saturated carbocycles. The van der Waals surface area contributed by atoms with Gasteiger partial charge in [-0.3, -0.25) is 0 Å². The normalized spacial score (nSPS) is 17.7. The Morgan fingerprint density at radius 2 is 2.00 bits per heavy atom. The van der Waals surface area contributed by atoms with Crippen LogP contribution in [0.15, 0.2) is 51.8 Å². The first-order valence-electron chi connectivity index (χ1n) is 7.81. The number of hydrogen-bond acceptors (Lipinski definition) is 2. The molecule has 0 spiro atoms. The summed E-state index contributed by atoms with van der Waals surface area (Å²) in [5, 5.41) is 0. The van der Waals surface area contributed by atoms with E-state index in [0.29, 0.717) is 10.8 Å². The van der Waals surface area contributed by atoms with Gasteiger partial charge in [-0.1, -0.05) is 46.3 Å². The van der Waals surface area contributed by atoms with Gasteiger partial charge in [0.05, 0.1) is 4.90 Å². The van der Waals surface area contributed by atoms with Crippen LogP contribution in [0.3, 0.4) is 0 Å². The van der Waals surface area contributed by atoms with E-state index in [1.165, 1.54) is 31.0 Å². The number of nitrogens with one attached hydrogen (secondary N) is 1. The molecule has 0 aliphatic heterocycles. The minimum absolute atomic E-state index is 0.291. The van der Waals surface area contributed by atoms with E-state index in [-0.39, 0.29) is 0 Å². The van der Waals surface area contributed by atoms with E-state index in [4.69, 9.17) is 0 Å². The van der Waals surface area contributed by atoms with Gasteiger partial charge in [0.25, 0.3) is 0 Å². The van der Waals surface area contributed by atoms with Gasteiger partial charge in [-0.05, 0) is 67.5 Å². The first-order chi connectivity index (χ1) is 11.0. The van der Waals surface area contributed by atoms with Crippen LogP contribution in [0, 0.1) is 0 Å². The Morgan fingerprint density at radius 1 is 1.22 bits per heavy atom. The molecule has 122 valence electrons. The molecule has 0 saturated heterocycles. The zero-order valence-electron chi connectivity index (χ0n) is 13.0. The molecule has 3 nitrogen and oxygen atoms in total. The van der Waals surface area contributed by atoms with Crippen LogP contribution >= 0.6 is 15.9 Å². The third kappa shape index (κ3) is 3.52. The molecular formula is C18H20BrNO2S. The van der Waals surface area contributed by atoms with Gasteiger partial charge in [0.1, 0.15) is 0 Å². The maximum absolute atomic E-state index is 11.9. The third-order valence-electron chi connectivity index (χ3n) is 4.56. The molecule has 2 aromatic rings. The van der Waals surface area contributed by atoms with E-state index in [9.17, 15) is 8.42 Å². The maximum atomic E-state index is 11.9. The van der Waals surface area contributed by atoms with Crippen LogP contribution in [0.25, 0.3) is 0 Å². The summed E-state index contributed by atoms with van der Waals surface area (Å²) in [4.78, 5) is 0.291. The van der Waals surface area contributed by atoms with Crippen molar-refractivity contribution in [2.75, 3.05) is 7.05 Å². The molecule has 0 heterocycles. The zero-order chi connectivity index (χ0) is 16.4. The standard InChI is InChI=1S/C18H20BrNO2S/c1-20-23(21,22)16-10-9-15(18(19)12-16)11-14-7-4-6-13-5-2-3-8-17(13)14/h2-3,5,8-10,12,14,20H,4,6-7,11H2,1H3/t14-/m1/s1. The van der Waals surface area contributed by atoms with Gasteiger partial charge >= 0.3 is 0 Å². The molecule has 0 radical (unpaired) electrons. The molecule has 23 heavy (non-hydrogen) atoms. The minimum atomic E-state index is -3.40. The Bertz CT molecular complexity index is 818. The highest BCUT2D eigenvalue weighted by molar-refractivity contribution is 9.10. The molecule has 1 N–H and O–H groups in total. The van der Waals surface area contributed by atoms with E-state index < -0.39 is 10.0 Å². The van der Waals surface area contributed by atoms with Crippen molar-refractivity contribution in [3.63, 3.8) is 0 Å². The maximum Gasteiger partial charge on any atom is 0.240 e. The van der Waals surface area contributed by atoms with Crippen LogP contribution in [0.1, 0.15) is 35.4 Å². The zero-order valence-corrected chi connectivity index (χ0v) is 15.5. The molecule has 0 unspecified atom stereocenters. The lowest BCUT2D eigenvalue weighted by molar-refractivity contribution is 0.549. The van der Waals surface area contributed by atoms with Gasteiger partial charge in [0.15, 0.2) is 0 Å². The molecule has 2 aromatic carbocycles. The fourth-order valence-corrected chi connectivity index (χ4v) is 4.76. The van der Waals surface area contributed by atoms with Crippen molar-refractivity contribution < 1.29 is 8.42 Å². The summed E-state index contributed by atoms with van der Waals surface area (Å²) in [7, 11) is -1.97. The molecule has 0 bridgehead atoms. The highest BCUT2D eigenvalue weighted by Gasteiger charge is 2.21. The summed E-state index contributed by atoms with van der Waals surface area (Å²) in [6.45, 7) is 0. The van der Waals surface area contributed by atoms with Crippen molar-refractivity contribution in [2.45, 2.75) is 36.5 Å². The topological polar surface area (TPSA) is 46.2 Å². The molecular weight excluding hydrogens is 374 g/mol. The lowest BCUT2D eigenvalue weighted by Crippen LogP contribution is -2.18. The summed E-state index contributed by atoms with van der Waals surface area (Å²) in [5.41, 5.74) is 4.05. The molecule has 0 amide bonds. The van der Waals surface area contributed by atoms with E-state index >= 15 is 0 Å². The number of aryl methyl sites for hydroxylation is 1. The summed E-state index contributed by atoms with van der Waals surface area (Å²) in [6.07, 6.45) is 4.48. The number of benzene rings is 2. The van der Waals surface area contributed by atoms with Crippen molar-refractivity contribution in [3.8, 4) is 0 Å². The SMILES string of the molecule is CNS(=O)(=O)c1ccc(C[C@H]2CCCc3ccccc32)c(Br)c1. The van der Waals surface area contributed by atoms with Gasteiger partial charge < -0.3 is 0 Å². The Kier molecular flexibility index (Phi) is 4.90. The van der Waals surface area contributed by atoms with Gasteiger partial charge in [-0.25, -0.2) is 13.1 Å². The number of fused-ring (bicyclic) bond motifs is 1. The monoisotopic (exact) mass is 393 g/mol. The molecule has 0 fully saturated rings. The van der Waals surface area contributed by atoms with Gasteiger partial charge in [-0.2, -0.15) is 0 Å². The Labute approximate surface area is 146 Å². The third-order valence-corrected chi connectivity index (χ3v) is 6.71. The van der Waals surface area contributed by atoms with Crippen molar-refractivity contribution >= 4 is 26.0 Å². The number of halogens is 1. The summed E-state index contributed by atoms with van der Waals surface area (Å²) < 4.78 is 27.0. The van der Waals surface area contributed by atoms with E-state index in [1.54, 1.807) is 12.1 Å². The number of rotatable bonds is 4. The quantitative estimate of drug-likeness (QED) is 0.852. The van der Waals surface area contributed by atoms with Crippen LogP contribution in [-0.2, 0) is 22.9 Å². The summed E-state index contributed by atoms with van der Waals surface area (Å²) in [5.74, 6) is 0.503. The smallest absolute Gasteiger partial charge is 0.214 e. The molecule has 1 aliphatic carbocycles. The molecule has 5 heteroatoms. The van der Waals surface area contributed by atoms with Crippen molar-refractivity contribution in [1.82, 2.24) is 4.72 Å². The molecule has 0 aromatic heterocycles. The van der Waals surface area contributed by atoms with Gasteiger partial charge in [-0.15, -0.1) is 0 Å². The average molecular weight is 394 g/mol. The van der Waals surface area contributed by atoms with Crippen LogP contribution in [-0.4, -0.2) is 15.5 Å². The Balaban J connectivity index is 1.87. The van der Waals surface area contributed by atoms with E-state index in [2.05, 4.69) is 44.9 Å². The minimum Gasteiger partial charge on any atom is -0.214 e. The van der Waals surface area contributed by atoms with E-state index in [0.717, 1.165) is 22.9 Å². The fourth-order valence-electron chi connectivity index (χ4n) is 3.31. The van der Waals surface area contributed by atoms with Crippen LogP contribution in [0.2, 0.25) is 0 Å². The van der Waals surface area contributed by atoms with Gasteiger partial charge in [0.2, 0.25) is 10.0 Å². The van der Waals surface area contributed by atoms with Crippen molar-refractivity contribution in [2.24, 2.45) is 0 Å². The highest BCUT2D eigenvalue weighted by Crippen LogP contribution is 2.35. The van der Waals surface area contributed by atoms with Crippen molar-refractivity contribution in [1.29, 1.82) is 0 Å². The largest absolute Gasteiger partial charge is 0.240 e. The predicted molar refractivity (Wildman–Crippen MR) is 96.2 cm³/mol. The molecule has 3 rings (SSSR count). The lowest BCUT2D eigenvalue weighted by Gasteiger charge is -2.26. The first kappa shape index (κ1) is 16.7. The van der Waals surface area contributed by atoms with Crippen LogP contribution in [0.5, 0.6) is 0 Å². The summed E-state index contributed by atoms with van der Waals surface area (Å²) >= 11 is 3.54. The average Bonchev–Trinajstić information content (AvgIpc) is 2.57. The Morgan fingerprint density at radius 3 is 2.74 bits per heavy atom. The molecule has 1 aliphatic rings. The highest BCUT2D eigenvalue weighted by atomic mass is 79.9. The Hall–Kier alpha value is -1.17. The van der Waals surface area contributed by atoms with Crippen LogP contribution < -0.4 is 4.72 Å². The number of sulfonamides is 1. The molecule has 1 atom stereocenters. The lowest BCUT2D eigenvalue weighted by atomic mass is 9.80. The van der Waals surface area contributed by atoms with Gasteiger partial charge in [0, 0.05) is 4.47 Å². The predicted octanol–water partition coefficient (Wildman–Crippen LogP) is 4.02. The van der Waals surface area contributed by atoms with Crippen LogP contribution in [0.4, 0.5) is 0 Å². The second kappa shape index (κ2) is 6.75. The first-order valence-corrected chi connectivity index (χ1v) is 10.1. The fraction of sp³-hybridized carbons (Fsp3) is 0.333. The second-order valence-corrected chi connectivity index (χ2v) is 8.69. The van der Waals surface area contributed by atoms with E-state index in [1.807, 2.05) is 6.07 Å².